The average Bonchev–Trinajstić information content (AvgIpc) is 2.74. The van der Waals surface area contributed by atoms with Gasteiger partial charge in [0.2, 0.25) is 15.6 Å². The predicted octanol–water partition coefficient (Wildman–Crippen LogP) is 3.60. The number of aromatic nitrogens is 1. The summed E-state index contributed by atoms with van der Waals surface area (Å²) in [6, 6.07) is 12.6. The summed E-state index contributed by atoms with van der Waals surface area (Å²) in [5, 5.41) is 3.31. The van der Waals surface area contributed by atoms with Gasteiger partial charge in [0.15, 0.2) is 0 Å². The predicted molar refractivity (Wildman–Crippen MR) is 125 cm³/mol. The van der Waals surface area contributed by atoms with Crippen molar-refractivity contribution < 1.29 is 17.9 Å². The SMILES string of the molecule is CCN(CC)S(=O)(=O)c1ccc(OC(C)C)c(NC(=O)c2cc(=O)[nH]c3ccccc23)c1. The third-order valence-corrected chi connectivity index (χ3v) is 6.95. The zero-order valence-corrected chi connectivity index (χ0v) is 19.3. The third-order valence-electron chi connectivity index (χ3n) is 4.90. The van der Waals surface area contributed by atoms with Crippen LogP contribution >= 0.6 is 0 Å². The first-order valence-corrected chi connectivity index (χ1v) is 11.9. The summed E-state index contributed by atoms with van der Waals surface area (Å²) < 4.78 is 33.1. The van der Waals surface area contributed by atoms with Gasteiger partial charge >= 0.3 is 0 Å². The largest absolute Gasteiger partial charge is 0.489 e. The normalized spacial score (nSPS) is 11.8. The van der Waals surface area contributed by atoms with Crippen LogP contribution in [0.1, 0.15) is 38.1 Å². The molecule has 0 saturated carbocycles. The second kappa shape index (κ2) is 9.54. The minimum absolute atomic E-state index is 0.0448. The van der Waals surface area contributed by atoms with Crippen molar-refractivity contribution in [2.24, 2.45) is 0 Å². The minimum atomic E-state index is -3.74. The maximum Gasteiger partial charge on any atom is 0.256 e. The molecule has 8 nitrogen and oxygen atoms in total. The van der Waals surface area contributed by atoms with E-state index in [9.17, 15) is 18.0 Å². The number of anilines is 1. The monoisotopic (exact) mass is 457 g/mol. The molecule has 0 aliphatic heterocycles. The number of fused-ring (bicyclic) bond motifs is 1. The van der Waals surface area contributed by atoms with Crippen molar-refractivity contribution in [3.63, 3.8) is 0 Å². The Morgan fingerprint density at radius 1 is 1.09 bits per heavy atom. The number of rotatable bonds is 8. The van der Waals surface area contributed by atoms with Crippen LogP contribution in [0.2, 0.25) is 0 Å². The minimum Gasteiger partial charge on any atom is -0.489 e. The number of carbonyl (C=O) groups is 1. The highest BCUT2D eigenvalue weighted by Crippen LogP contribution is 2.31. The van der Waals surface area contributed by atoms with Crippen LogP contribution in [-0.2, 0) is 10.0 Å². The van der Waals surface area contributed by atoms with E-state index in [-0.39, 0.29) is 22.3 Å². The first kappa shape index (κ1) is 23.5. The van der Waals surface area contributed by atoms with E-state index in [1.807, 2.05) is 13.8 Å². The number of nitrogens with zero attached hydrogens (tertiary/aromatic N) is 1. The summed E-state index contributed by atoms with van der Waals surface area (Å²) in [4.78, 5) is 27.9. The zero-order chi connectivity index (χ0) is 23.5. The Bertz CT molecular complexity index is 1290. The Morgan fingerprint density at radius 2 is 1.78 bits per heavy atom. The highest BCUT2D eigenvalue weighted by Gasteiger charge is 2.24. The number of amides is 1. The highest BCUT2D eigenvalue weighted by atomic mass is 32.2. The number of benzene rings is 2. The van der Waals surface area contributed by atoms with E-state index in [0.717, 1.165) is 0 Å². The van der Waals surface area contributed by atoms with Gasteiger partial charge in [0.05, 0.1) is 22.3 Å². The van der Waals surface area contributed by atoms with Crippen molar-refractivity contribution in [3.8, 4) is 5.75 Å². The second-order valence-electron chi connectivity index (χ2n) is 7.46. The fourth-order valence-electron chi connectivity index (χ4n) is 3.42. The maximum absolute atomic E-state index is 13.1. The van der Waals surface area contributed by atoms with Crippen LogP contribution in [0.4, 0.5) is 5.69 Å². The van der Waals surface area contributed by atoms with E-state index >= 15 is 0 Å². The van der Waals surface area contributed by atoms with Gasteiger partial charge in [-0.25, -0.2) is 8.42 Å². The van der Waals surface area contributed by atoms with Gasteiger partial charge in [0.25, 0.3) is 5.91 Å². The van der Waals surface area contributed by atoms with Gasteiger partial charge < -0.3 is 15.0 Å². The fourth-order valence-corrected chi connectivity index (χ4v) is 4.90. The molecule has 1 amide bonds. The van der Waals surface area contributed by atoms with Crippen molar-refractivity contribution in [3.05, 3.63) is 64.4 Å². The fraction of sp³-hybridized carbons (Fsp3) is 0.304. The molecule has 0 aliphatic carbocycles. The highest BCUT2D eigenvalue weighted by molar-refractivity contribution is 7.89. The Hall–Kier alpha value is -3.17. The number of sulfonamides is 1. The van der Waals surface area contributed by atoms with E-state index in [1.54, 1.807) is 38.1 Å². The van der Waals surface area contributed by atoms with Gasteiger partial charge in [-0.15, -0.1) is 0 Å². The summed E-state index contributed by atoms with van der Waals surface area (Å²) in [6.07, 6.45) is -0.198. The number of H-pyrrole nitrogens is 1. The van der Waals surface area contributed by atoms with Gasteiger partial charge in [-0.1, -0.05) is 32.0 Å². The standard InChI is InChI=1S/C23H27N3O5S/c1-5-26(6-2)32(29,30)16-11-12-21(31-15(3)4)20(13-16)25-23(28)18-14-22(27)24-19-10-8-7-9-17(18)19/h7-15H,5-6H2,1-4H3,(H,24,27)(H,25,28). The first-order chi connectivity index (χ1) is 15.2. The number of nitrogens with one attached hydrogen (secondary N) is 2. The number of pyridine rings is 1. The molecule has 0 aliphatic rings. The summed E-state index contributed by atoms with van der Waals surface area (Å²) in [5.41, 5.74) is 0.505. The molecular formula is C23H27N3O5S. The molecule has 0 bridgehead atoms. The summed E-state index contributed by atoms with van der Waals surface area (Å²) >= 11 is 0. The Balaban J connectivity index is 2.08. The quantitative estimate of drug-likeness (QED) is 0.537. The molecule has 0 spiro atoms. The average molecular weight is 458 g/mol. The first-order valence-electron chi connectivity index (χ1n) is 10.4. The smallest absolute Gasteiger partial charge is 0.256 e. The Labute approximate surface area is 187 Å². The van der Waals surface area contributed by atoms with Gasteiger partial charge in [0.1, 0.15) is 5.75 Å². The number of para-hydroxylation sites is 1. The van der Waals surface area contributed by atoms with E-state index < -0.39 is 21.5 Å². The van der Waals surface area contributed by atoms with E-state index in [2.05, 4.69) is 10.3 Å². The molecule has 3 aromatic rings. The number of aromatic amines is 1. The molecule has 170 valence electrons. The summed E-state index contributed by atoms with van der Waals surface area (Å²) in [5.74, 6) is -0.209. The third kappa shape index (κ3) is 4.84. The molecular weight excluding hydrogens is 430 g/mol. The number of hydrogen-bond donors (Lipinski definition) is 2. The van der Waals surface area contributed by atoms with Crippen molar-refractivity contribution >= 4 is 32.5 Å². The van der Waals surface area contributed by atoms with Crippen LogP contribution in [0.15, 0.2) is 58.2 Å². The lowest BCUT2D eigenvalue weighted by molar-refractivity contribution is 0.102. The number of hydrogen-bond acceptors (Lipinski definition) is 5. The maximum atomic E-state index is 13.1. The topological polar surface area (TPSA) is 109 Å². The summed E-state index contributed by atoms with van der Waals surface area (Å²) in [7, 11) is -3.74. The Morgan fingerprint density at radius 3 is 2.44 bits per heavy atom. The lowest BCUT2D eigenvalue weighted by Crippen LogP contribution is -2.30. The second-order valence-corrected chi connectivity index (χ2v) is 9.40. The van der Waals surface area contributed by atoms with Crippen LogP contribution in [-0.4, -0.2) is 42.8 Å². The van der Waals surface area contributed by atoms with Gasteiger partial charge in [-0.3, -0.25) is 9.59 Å². The summed E-state index contributed by atoms with van der Waals surface area (Å²) in [6.45, 7) is 7.83. The molecule has 9 heteroatoms. The van der Waals surface area contributed by atoms with Gasteiger partial charge in [0, 0.05) is 30.1 Å². The van der Waals surface area contributed by atoms with Crippen molar-refractivity contribution in [2.75, 3.05) is 18.4 Å². The molecule has 0 atom stereocenters. The molecule has 2 N–H and O–H groups in total. The number of ether oxygens (including phenoxy) is 1. The van der Waals surface area contributed by atoms with Crippen molar-refractivity contribution in [1.29, 1.82) is 0 Å². The molecule has 2 aromatic carbocycles. The Kier molecular flexibility index (Phi) is 7.00. The molecule has 0 saturated heterocycles. The lowest BCUT2D eigenvalue weighted by Gasteiger charge is -2.21. The van der Waals surface area contributed by atoms with Crippen LogP contribution in [0, 0.1) is 0 Å². The van der Waals surface area contributed by atoms with E-state index in [4.69, 9.17) is 4.74 Å². The number of carbonyl (C=O) groups excluding carboxylic acids is 1. The van der Waals surface area contributed by atoms with Crippen molar-refractivity contribution in [2.45, 2.75) is 38.7 Å². The van der Waals surface area contributed by atoms with Gasteiger partial charge in [-0.05, 0) is 38.1 Å². The van der Waals surface area contributed by atoms with Crippen molar-refractivity contribution in [1.82, 2.24) is 9.29 Å². The molecule has 1 heterocycles. The molecule has 32 heavy (non-hydrogen) atoms. The molecule has 3 rings (SSSR count). The molecule has 0 fully saturated rings. The van der Waals surface area contributed by atoms with Crippen LogP contribution < -0.4 is 15.6 Å². The molecule has 0 unspecified atom stereocenters. The van der Waals surface area contributed by atoms with Crippen LogP contribution in [0.5, 0.6) is 5.75 Å². The van der Waals surface area contributed by atoms with E-state index in [1.165, 1.54) is 28.6 Å². The van der Waals surface area contributed by atoms with Gasteiger partial charge in [-0.2, -0.15) is 4.31 Å². The zero-order valence-electron chi connectivity index (χ0n) is 18.5. The molecule has 0 radical (unpaired) electrons. The molecule has 1 aromatic heterocycles. The van der Waals surface area contributed by atoms with Crippen LogP contribution in [0.25, 0.3) is 10.9 Å². The lowest BCUT2D eigenvalue weighted by atomic mass is 10.1. The van der Waals surface area contributed by atoms with Crippen LogP contribution in [0.3, 0.4) is 0 Å². The van der Waals surface area contributed by atoms with E-state index in [0.29, 0.717) is 29.7 Å².